The third-order valence-corrected chi connectivity index (χ3v) is 3.96. The van der Waals surface area contributed by atoms with Gasteiger partial charge in [0.1, 0.15) is 17.3 Å². The van der Waals surface area contributed by atoms with Crippen molar-refractivity contribution in [3.63, 3.8) is 0 Å². The third kappa shape index (κ3) is 3.84. The molecule has 0 aromatic heterocycles. The molecule has 0 bridgehead atoms. The van der Waals surface area contributed by atoms with Crippen molar-refractivity contribution in [2.24, 2.45) is 4.99 Å². The zero-order valence-electron chi connectivity index (χ0n) is 13.3. The van der Waals surface area contributed by atoms with Crippen LogP contribution < -0.4 is 10.1 Å². The molecular weight excluding hydrogens is 324 g/mol. The van der Waals surface area contributed by atoms with Gasteiger partial charge in [0.25, 0.3) is 5.91 Å². The fraction of sp³-hybridized carbons (Fsp3) is 0.158. The number of halogens is 1. The van der Waals surface area contributed by atoms with Crippen LogP contribution in [0.5, 0.6) is 5.75 Å². The number of rotatable bonds is 5. The average molecular weight is 341 g/mol. The smallest absolute Gasteiger partial charge is 0.275 e. The second kappa shape index (κ2) is 7.32. The van der Waals surface area contributed by atoms with Crippen LogP contribution in [-0.2, 0) is 11.2 Å². The first-order chi connectivity index (χ1) is 11.7. The molecule has 0 unspecified atom stereocenters. The van der Waals surface area contributed by atoms with Crippen molar-refractivity contribution in [3.05, 3.63) is 70.4 Å². The highest BCUT2D eigenvalue weighted by molar-refractivity contribution is 6.30. The molecule has 122 valence electrons. The first kappa shape index (κ1) is 16.3. The van der Waals surface area contributed by atoms with Crippen molar-refractivity contribution in [3.8, 4) is 5.75 Å². The van der Waals surface area contributed by atoms with Crippen molar-refractivity contribution < 1.29 is 9.53 Å². The summed E-state index contributed by atoms with van der Waals surface area (Å²) in [7, 11) is 1.65. The highest BCUT2D eigenvalue weighted by Crippen LogP contribution is 2.21. The van der Waals surface area contributed by atoms with Crippen LogP contribution >= 0.6 is 11.6 Å². The maximum absolute atomic E-state index is 12.1. The van der Waals surface area contributed by atoms with Crippen molar-refractivity contribution in [2.45, 2.75) is 12.8 Å². The molecule has 0 atom stereocenters. The topological polar surface area (TPSA) is 50.7 Å². The van der Waals surface area contributed by atoms with Gasteiger partial charge in [0.2, 0.25) is 0 Å². The summed E-state index contributed by atoms with van der Waals surface area (Å²) in [6, 6.07) is 15.2. The number of benzene rings is 2. The van der Waals surface area contributed by atoms with E-state index in [0.29, 0.717) is 23.0 Å². The fourth-order valence-electron chi connectivity index (χ4n) is 2.55. The molecule has 0 spiro atoms. The number of amides is 1. The Bertz CT molecular complexity index is 828. The van der Waals surface area contributed by atoms with Gasteiger partial charge in [-0.25, -0.2) is 4.99 Å². The Kier molecular flexibility index (Phi) is 4.96. The molecule has 1 N–H and O–H groups in total. The number of hydrogen-bond donors (Lipinski definition) is 1. The third-order valence-electron chi connectivity index (χ3n) is 3.72. The van der Waals surface area contributed by atoms with Gasteiger partial charge in [0.05, 0.1) is 7.11 Å². The Hall–Kier alpha value is -2.59. The molecule has 5 heteroatoms. The van der Waals surface area contributed by atoms with E-state index in [9.17, 15) is 4.79 Å². The monoisotopic (exact) mass is 340 g/mol. The van der Waals surface area contributed by atoms with Gasteiger partial charge in [-0.05, 0) is 41.8 Å². The van der Waals surface area contributed by atoms with Gasteiger partial charge in [-0.2, -0.15) is 0 Å². The van der Waals surface area contributed by atoms with E-state index < -0.39 is 0 Å². The summed E-state index contributed by atoms with van der Waals surface area (Å²) in [5.74, 6) is 1.32. The van der Waals surface area contributed by atoms with Gasteiger partial charge in [0, 0.05) is 11.4 Å². The Balaban J connectivity index is 1.72. The molecule has 1 amide bonds. The predicted molar refractivity (Wildman–Crippen MR) is 96.3 cm³/mol. The molecule has 1 heterocycles. The van der Waals surface area contributed by atoms with E-state index in [1.54, 1.807) is 25.3 Å². The van der Waals surface area contributed by atoms with Gasteiger partial charge in [-0.15, -0.1) is 0 Å². The summed E-state index contributed by atoms with van der Waals surface area (Å²) < 4.78 is 5.34. The van der Waals surface area contributed by atoms with E-state index in [1.165, 1.54) is 0 Å². The largest absolute Gasteiger partial charge is 0.496 e. The number of carbonyl (C=O) groups excluding carboxylic acids is 1. The van der Waals surface area contributed by atoms with E-state index in [2.05, 4.69) is 10.3 Å². The maximum Gasteiger partial charge on any atom is 0.275 e. The number of hydrogen-bond acceptors (Lipinski definition) is 3. The summed E-state index contributed by atoms with van der Waals surface area (Å²) in [5.41, 5.74) is 2.33. The number of nitrogens with zero attached hydrogens (tertiary/aromatic N) is 1. The van der Waals surface area contributed by atoms with Gasteiger partial charge >= 0.3 is 0 Å². The molecule has 0 radical (unpaired) electrons. The normalized spacial score (nSPS) is 15.3. The fourth-order valence-corrected chi connectivity index (χ4v) is 2.75. The molecule has 24 heavy (non-hydrogen) atoms. The number of ether oxygens (including phenoxy) is 1. The second-order valence-corrected chi connectivity index (χ2v) is 5.85. The number of aliphatic imine (C=N–C) groups is 1. The first-order valence-electron chi connectivity index (χ1n) is 7.64. The standard InChI is InChI=1S/C19H17ClN2O2/c1-24-17-8-3-2-6-14(17)9-10-18-21-16(19(23)22-18)12-13-5-4-7-15(20)11-13/h2-8,11-12H,9-10H2,1H3,(H,21,22,23)/b16-12+. The van der Waals surface area contributed by atoms with Crippen molar-refractivity contribution >= 4 is 29.4 Å². The predicted octanol–water partition coefficient (Wildman–Crippen LogP) is 3.85. The molecular formula is C19H17ClN2O2. The van der Waals surface area contributed by atoms with E-state index in [1.807, 2.05) is 36.4 Å². The SMILES string of the molecule is COc1ccccc1CCC1=N/C(=C/c2cccc(Cl)c2)C(=O)N1. The maximum atomic E-state index is 12.1. The van der Waals surface area contributed by atoms with Crippen LogP contribution in [0.2, 0.25) is 5.02 Å². The van der Waals surface area contributed by atoms with E-state index in [-0.39, 0.29) is 5.91 Å². The van der Waals surface area contributed by atoms with E-state index in [4.69, 9.17) is 16.3 Å². The molecule has 1 aliphatic heterocycles. The van der Waals surface area contributed by atoms with Crippen LogP contribution in [0.1, 0.15) is 17.5 Å². The van der Waals surface area contributed by atoms with Crippen molar-refractivity contribution in [1.29, 1.82) is 0 Å². The minimum atomic E-state index is -0.190. The van der Waals surface area contributed by atoms with Gasteiger partial charge in [0.15, 0.2) is 0 Å². The quantitative estimate of drug-likeness (QED) is 0.840. The molecule has 4 nitrogen and oxygen atoms in total. The second-order valence-electron chi connectivity index (χ2n) is 5.41. The molecule has 0 saturated heterocycles. The zero-order chi connectivity index (χ0) is 16.9. The number of para-hydroxylation sites is 1. The van der Waals surface area contributed by atoms with Gasteiger partial charge in [-0.1, -0.05) is 41.9 Å². The summed E-state index contributed by atoms with van der Waals surface area (Å²) in [6.45, 7) is 0. The van der Waals surface area contributed by atoms with Gasteiger partial charge < -0.3 is 10.1 Å². The van der Waals surface area contributed by atoms with Crippen LogP contribution in [0.25, 0.3) is 6.08 Å². The van der Waals surface area contributed by atoms with Crippen LogP contribution in [0, 0.1) is 0 Å². The Labute approximate surface area is 145 Å². The Morgan fingerprint density at radius 1 is 1.17 bits per heavy atom. The lowest BCUT2D eigenvalue weighted by Gasteiger charge is -2.07. The molecule has 0 aliphatic carbocycles. The zero-order valence-corrected chi connectivity index (χ0v) is 14.0. The molecule has 0 fully saturated rings. The van der Waals surface area contributed by atoms with Crippen LogP contribution in [0.15, 0.2) is 59.2 Å². The molecule has 2 aromatic carbocycles. The van der Waals surface area contributed by atoms with E-state index in [0.717, 1.165) is 23.3 Å². The lowest BCUT2D eigenvalue weighted by molar-refractivity contribution is -0.115. The molecule has 3 rings (SSSR count). The minimum absolute atomic E-state index is 0.190. The lowest BCUT2D eigenvalue weighted by Crippen LogP contribution is -2.24. The Morgan fingerprint density at radius 3 is 2.79 bits per heavy atom. The van der Waals surface area contributed by atoms with Gasteiger partial charge in [-0.3, -0.25) is 4.79 Å². The van der Waals surface area contributed by atoms with E-state index >= 15 is 0 Å². The highest BCUT2D eigenvalue weighted by Gasteiger charge is 2.19. The number of aryl methyl sites for hydroxylation is 1. The molecule has 0 saturated carbocycles. The van der Waals surface area contributed by atoms with Crippen LogP contribution in [-0.4, -0.2) is 18.9 Å². The average Bonchev–Trinajstić information content (AvgIpc) is 2.93. The first-order valence-corrected chi connectivity index (χ1v) is 8.01. The summed E-state index contributed by atoms with van der Waals surface area (Å²) in [4.78, 5) is 16.5. The van der Waals surface area contributed by atoms with Crippen molar-refractivity contribution in [2.75, 3.05) is 7.11 Å². The van der Waals surface area contributed by atoms with Crippen LogP contribution in [0.4, 0.5) is 0 Å². The highest BCUT2D eigenvalue weighted by atomic mass is 35.5. The number of nitrogens with one attached hydrogen (secondary N) is 1. The van der Waals surface area contributed by atoms with Crippen LogP contribution in [0.3, 0.4) is 0 Å². The summed E-state index contributed by atoms with van der Waals surface area (Å²) in [5, 5.41) is 3.44. The summed E-state index contributed by atoms with van der Waals surface area (Å²) >= 11 is 5.96. The molecule has 1 aliphatic rings. The number of methoxy groups -OCH3 is 1. The van der Waals surface area contributed by atoms with Crippen molar-refractivity contribution in [1.82, 2.24) is 5.32 Å². The minimum Gasteiger partial charge on any atom is -0.496 e. The number of carbonyl (C=O) groups is 1. The Morgan fingerprint density at radius 2 is 2.00 bits per heavy atom. The lowest BCUT2D eigenvalue weighted by atomic mass is 10.1. The number of amidine groups is 1. The summed E-state index contributed by atoms with van der Waals surface area (Å²) in [6.07, 6.45) is 3.11. The molecule has 2 aromatic rings.